The molecule has 3 aromatic rings. The first-order valence-electron chi connectivity index (χ1n) is 15.8. The van der Waals surface area contributed by atoms with Crippen LogP contribution < -0.4 is 0 Å². The van der Waals surface area contributed by atoms with Gasteiger partial charge in [-0.15, -0.1) is 11.4 Å². The Hall–Kier alpha value is -0.996. The van der Waals surface area contributed by atoms with Crippen molar-refractivity contribution in [2.24, 2.45) is 4.99 Å². The van der Waals surface area contributed by atoms with Gasteiger partial charge in [0.05, 0.1) is 5.69 Å². The minimum absolute atomic E-state index is 0. The van der Waals surface area contributed by atoms with Crippen LogP contribution in [0.25, 0.3) is 9.96 Å². The number of para-hydroxylation sites is 3. The maximum Gasteiger partial charge on any atom is 2.00 e. The second-order valence-electron chi connectivity index (χ2n) is 14.6. The Kier molecular flexibility index (Phi) is 16.4. The molecule has 43 heavy (non-hydrogen) atoms. The molecule has 6 heteroatoms. The zero-order valence-corrected chi connectivity index (χ0v) is 35.2. The topological polar surface area (TPSA) is 40.6 Å². The van der Waals surface area contributed by atoms with E-state index in [1.807, 2.05) is 6.21 Å². The number of hydrogen-bond acceptors (Lipinski definition) is 1. The molecule has 0 fully saturated rings. The van der Waals surface area contributed by atoms with E-state index in [-0.39, 0.29) is 45.5 Å². The van der Waals surface area contributed by atoms with Crippen LogP contribution in [0.2, 0.25) is 39.3 Å². The molecule has 0 aromatic heterocycles. The molecular weight excluding hydrogens is 630 g/mol. The Morgan fingerprint density at radius 1 is 0.558 bits per heavy atom. The molecule has 0 saturated heterocycles. The van der Waals surface area contributed by atoms with Crippen molar-refractivity contribution in [2.45, 2.75) is 118 Å². The van der Waals surface area contributed by atoms with Gasteiger partial charge in [-0.2, -0.15) is 0 Å². The minimum Gasteiger partial charge on any atom is -0.668 e. The normalized spacial score (nSPS) is 12.1. The fraction of sp³-hybridized carbons (Fsp3) is 0.486. The van der Waals surface area contributed by atoms with Crippen LogP contribution in [0.3, 0.4) is 0 Å². The molecule has 0 aliphatic carbocycles. The average molecular weight is 688 g/mol. The van der Waals surface area contributed by atoms with E-state index in [0.717, 1.165) is 22.6 Å². The molecule has 0 bridgehead atoms. The van der Waals surface area contributed by atoms with Crippen molar-refractivity contribution in [1.29, 1.82) is 0 Å². The smallest absolute Gasteiger partial charge is 0.668 e. The van der Waals surface area contributed by atoms with Gasteiger partial charge >= 0.3 is 45.5 Å². The first kappa shape index (κ1) is 40.0. The van der Waals surface area contributed by atoms with Crippen molar-refractivity contribution in [3.05, 3.63) is 98.4 Å². The second kappa shape index (κ2) is 17.6. The number of hydrogen-bond donors (Lipinski definition) is 0. The summed E-state index contributed by atoms with van der Waals surface area (Å²) in [6, 6.07) is 21.5. The molecule has 0 aliphatic heterocycles. The van der Waals surface area contributed by atoms with Gasteiger partial charge in [0.1, 0.15) is 0 Å². The van der Waals surface area contributed by atoms with E-state index in [4.69, 9.17) is 15.0 Å². The van der Waals surface area contributed by atoms with E-state index in [0.29, 0.717) is 23.7 Å². The summed E-state index contributed by atoms with van der Waals surface area (Å²) in [5, 5.41) is 5.22. The van der Waals surface area contributed by atoms with Gasteiger partial charge in [-0.05, 0) is 40.4 Å². The third-order valence-corrected chi connectivity index (χ3v) is 12.2. The Morgan fingerprint density at radius 3 is 1.33 bits per heavy atom. The van der Waals surface area contributed by atoms with E-state index >= 15 is 0 Å². The predicted octanol–water partition coefficient (Wildman–Crippen LogP) is 12.9. The van der Waals surface area contributed by atoms with Gasteiger partial charge in [0.25, 0.3) is 0 Å². The van der Waals surface area contributed by atoms with Crippen LogP contribution in [0.5, 0.6) is 0 Å². The Balaban J connectivity index is 0.000000803. The van der Waals surface area contributed by atoms with Crippen molar-refractivity contribution >= 4 is 85.2 Å². The van der Waals surface area contributed by atoms with Crippen molar-refractivity contribution in [3.8, 4) is 0 Å². The molecule has 0 unspecified atom stereocenters. The zero-order valence-electron chi connectivity index (χ0n) is 29.7. The first-order chi connectivity index (χ1) is 19.4. The molecule has 0 aliphatic rings. The largest absolute Gasteiger partial charge is 2.00 e. The van der Waals surface area contributed by atoms with Gasteiger partial charge in [-0.25, -0.2) is 0 Å². The summed E-state index contributed by atoms with van der Waals surface area (Å²) >= 11 is 0. The van der Waals surface area contributed by atoms with E-state index in [2.05, 4.69) is 155 Å². The molecule has 0 heterocycles. The standard InChI is InChI=1S/C31H39N2.C6H18NSi2.Sr/c1-20(2)25-14-11-15-26(21(3)4)30(25)32-19-24-13-9-10-18-29(24)33-31-27(22(5)6)16-12-17-28(31)23(7)8;1-8(2,3)7-9(4,5)6;/h9-23H,1-8H3;1-6H3;/q2*-1;+2. The third kappa shape index (κ3) is 13.1. The monoisotopic (exact) mass is 687 g/mol. The van der Waals surface area contributed by atoms with Gasteiger partial charge in [-0.1, -0.05) is 183 Å². The quantitative estimate of drug-likeness (QED) is 0.150. The summed E-state index contributed by atoms with van der Waals surface area (Å²) in [4.78, 5) is 5.05. The molecule has 3 rings (SSSR count). The van der Waals surface area contributed by atoms with Gasteiger partial charge in [-0.3, -0.25) is 4.99 Å². The molecule has 3 nitrogen and oxygen atoms in total. The van der Waals surface area contributed by atoms with Crippen LogP contribution in [0, 0.1) is 0 Å². The summed E-state index contributed by atoms with van der Waals surface area (Å²) in [6.07, 6.45) is 2.00. The molecule has 0 spiro atoms. The van der Waals surface area contributed by atoms with Crippen molar-refractivity contribution < 1.29 is 0 Å². The summed E-state index contributed by atoms with van der Waals surface area (Å²) in [5.74, 6) is 1.66. The van der Waals surface area contributed by atoms with Crippen molar-refractivity contribution in [1.82, 2.24) is 0 Å². The van der Waals surface area contributed by atoms with Crippen molar-refractivity contribution in [2.75, 3.05) is 0 Å². The van der Waals surface area contributed by atoms with Gasteiger partial charge in [0.2, 0.25) is 0 Å². The molecule has 0 saturated carbocycles. The van der Waals surface area contributed by atoms with Gasteiger partial charge < -0.3 is 9.96 Å². The fourth-order valence-corrected chi connectivity index (χ4v) is 13.3. The number of benzene rings is 3. The molecular formula is C37H57N3Si2Sr. The van der Waals surface area contributed by atoms with E-state index < -0.39 is 16.5 Å². The number of nitrogens with zero attached hydrogens (tertiary/aromatic N) is 3. The molecule has 230 valence electrons. The number of rotatable bonds is 10. The van der Waals surface area contributed by atoms with E-state index in [9.17, 15) is 0 Å². The summed E-state index contributed by atoms with van der Waals surface area (Å²) in [5.41, 5.74) is 9.37. The van der Waals surface area contributed by atoms with E-state index in [1.54, 1.807) is 0 Å². The third-order valence-electron chi connectivity index (χ3n) is 6.86. The average Bonchev–Trinajstić information content (AvgIpc) is 2.85. The summed E-state index contributed by atoms with van der Waals surface area (Å²) in [6.45, 7) is 31.7. The van der Waals surface area contributed by atoms with Crippen LogP contribution in [0.4, 0.5) is 17.1 Å². The zero-order chi connectivity index (χ0) is 31.8. The second-order valence-corrected chi connectivity index (χ2v) is 24.1. The predicted molar refractivity (Wildman–Crippen MR) is 201 cm³/mol. The van der Waals surface area contributed by atoms with Crippen LogP contribution in [-0.4, -0.2) is 68.2 Å². The van der Waals surface area contributed by atoms with Crippen LogP contribution >= 0.6 is 0 Å². The van der Waals surface area contributed by atoms with Crippen LogP contribution in [0.15, 0.2) is 65.7 Å². The van der Waals surface area contributed by atoms with E-state index in [1.165, 1.54) is 22.3 Å². The summed E-state index contributed by atoms with van der Waals surface area (Å²) < 4.78 is 4.82. The Morgan fingerprint density at radius 2 is 0.953 bits per heavy atom. The SMILES string of the molecule is CC(C)c1cccc(C(C)C)c1N=Cc1ccccc1[N-]c1c(C(C)C)cccc1C(C)C.C[Si](C)(C)[N-][Si](C)(C)C.[Sr+2]. The summed E-state index contributed by atoms with van der Waals surface area (Å²) in [7, 11) is -2.21. The molecule has 0 radical (unpaired) electrons. The minimum atomic E-state index is -1.11. The molecule has 3 aromatic carbocycles. The fourth-order valence-electron chi connectivity index (χ4n) is 5.26. The molecule has 0 amide bonds. The van der Waals surface area contributed by atoms with Gasteiger partial charge in [0.15, 0.2) is 0 Å². The number of aliphatic imine (C=N–C) groups is 1. The van der Waals surface area contributed by atoms with Crippen LogP contribution in [-0.2, 0) is 0 Å². The van der Waals surface area contributed by atoms with Gasteiger partial charge in [0, 0.05) is 6.21 Å². The molecule has 0 N–H and O–H groups in total. The van der Waals surface area contributed by atoms with Crippen molar-refractivity contribution in [3.63, 3.8) is 0 Å². The Labute approximate surface area is 304 Å². The first-order valence-corrected chi connectivity index (χ1v) is 22.6. The maximum atomic E-state index is 5.22. The Bertz CT molecular complexity index is 1250. The maximum absolute atomic E-state index is 5.22. The molecule has 0 atom stereocenters. The van der Waals surface area contributed by atoms with Crippen LogP contribution in [0.1, 0.15) is 107 Å².